The molecule has 5 nitrogen and oxygen atoms in total. The molecule has 0 N–H and O–H groups in total. The lowest BCUT2D eigenvalue weighted by Gasteiger charge is -2.36. The topological polar surface area (TPSA) is 41.4 Å². The zero-order valence-electron chi connectivity index (χ0n) is 19.9. The van der Waals surface area contributed by atoms with Gasteiger partial charge in [-0.15, -0.1) is 0 Å². The van der Waals surface area contributed by atoms with Gasteiger partial charge in [0.15, 0.2) is 0 Å². The maximum atomic E-state index is 13.4. The Bertz CT molecular complexity index is 1250. The monoisotopic (exact) mass is 504 g/mol. The lowest BCUT2D eigenvalue weighted by atomic mass is 10.1. The van der Waals surface area contributed by atoms with Gasteiger partial charge in [-0.25, -0.2) is 4.98 Å². The summed E-state index contributed by atoms with van der Waals surface area (Å²) in [6, 6.07) is 11.3. The van der Waals surface area contributed by atoms with Crippen molar-refractivity contribution < 1.29 is 13.2 Å². The van der Waals surface area contributed by atoms with E-state index in [2.05, 4.69) is 23.6 Å². The number of anilines is 1. The van der Waals surface area contributed by atoms with Crippen molar-refractivity contribution in [3.05, 3.63) is 75.0 Å². The van der Waals surface area contributed by atoms with E-state index in [1.54, 1.807) is 18.2 Å². The molecular weight excluding hydrogens is 477 g/mol. The SMILES string of the molecule is Cc1cc(Cl)ccc1-c1nc(N2CCN(CC(C)C)CC2)cc(=O)n1-c1ccc(C(F)(F)F)cc1. The van der Waals surface area contributed by atoms with Crippen LogP contribution in [-0.2, 0) is 6.18 Å². The van der Waals surface area contributed by atoms with E-state index in [1.165, 1.54) is 22.8 Å². The Morgan fingerprint density at radius 3 is 2.23 bits per heavy atom. The number of rotatable bonds is 5. The van der Waals surface area contributed by atoms with Gasteiger partial charge in [0, 0.05) is 49.4 Å². The van der Waals surface area contributed by atoms with Gasteiger partial charge in [-0.3, -0.25) is 14.3 Å². The summed E-state index contributed by atoms with van der Waals surface area (Å²) < 4.78 is 40.6. The largest absolute Gasteiger partial charge is 0.416 e. The highest BCUT2D eigenvalue weighted by Gasteiger charge is 2.30. The summed E-state index contributed by atoms with van der Waals surface area (Å²) in [7, 11) is 0. The molecule has 1 aliphatic heterocycles. The van der Waals surface area contributed by atoms with Crippen molar-refractivity contribution in [2.75, 3.05) is 37.6 Å². The summed E-state index contributed by atoms with van der Waals surface area (Å²) >= 11 is 6.15. The second-order valence-corrected chi connectivity index (χ2v) is 9.73. The van der Waals surface area contributed by atoms with Gasteiger partial charge in [-0.2, -0.15) is 13.2 Å². The van der Waals surface area contributed by atoms with Crippen LogP contribution in [0.25, 0.3) is 17.1 Å². The van der Waals surface area contributed by atoms with E-state index in [0.717, 1.165) is 50.4 Å². The summed E-state index contributed by atoms with van der Waals surface area (Å²) in [5, 5.41) is 0.548. The Labute approximate surface area is 207 Å². The lowest BCUT2D eigenvalue weighted by Crippen LogP contribution is -2.48. The van der Waals surface area contributed by atoms with Crippen molar-refractivity contribution >= 4 is 17.4 Å². The third-order valence-electron chi connectivity index (χ3n) is 6.11. The first-order valence-electron chi connectivity index (χ1n) is 11.6. The molecule has 0 amide bonds. The molecule has 35 heavy (non-hydrogen) atoms. The molecule has 1 aliphatic rings. The quantitative estimate of drug-likeness (QED) is 0.450. The minimum absolute atomic E-state index is 0.313. The van der Waals surface area contributed by atoms with Crippen LogP contribution in [-0.4, -0.2) is 47.2 Å². The molecule has 186 valence electrons. The van der Waals surface area contributed by atoms with Gasteiger partial charge in [0.2, 0.25) is 0 Å². The molecule has 0 atom stereocenters. The second-order valence-electron chi connectivity index (χ2n) is 9.30. The Morgan fingerprint density at radius 1 is 1.00 bits per heavy atom. The number of alkyl halides is 3. The van der Waals surface area contributed by atoms with Crippen molar-refractivity contribution in [2.24, 2.45) is 5.92 Å². The van der Waals surface area contributed by atoms with Crippen LogP contribution >= 0.6 is 11.6 Å². The molecule has 9 heteroatoms. The van der Waals surface area contributed by atoms with Gasteiger partial charge < -0.3 is 4.90 Å². The van der Waals surface area contributed by atoms with Gasteiger partial charge in [0.05, 0.1) is 11.3 Å². The van der Waals surface area contributed by atoms with Gasteiger partial charge in [-0.05, 0) is 60.9 Å². The number of piperazine rings is 1. The maximum Gasteiger partial charge on any atom is 0.416 e. The highest BCUT2D eigenvalue weighted by atomic mass is 35.5. The first kappa shape index (κ1) is 25.3. The van der Waals surface area contributed by atoms with Gasteiger partial charge in [0.1, 0.15) is 11.6 Å². The summed E-state index contributed by atoms with van der Waals surface area (Å²) in [6.07, 6.45) is -4.46. The molecule has 1 aromatic heterocycles. The molecule has 0 unspecified atom stereocenters. The number of aryl methyl sites for hydroxylation is 1. The summed E-state index contributed by atoms with van der Waals surface area (Å²) in [6.45, 7) is 10.5. The van der Waals surface area contributed by atoms with Crippen molar-refractivity contribution in [3.63, 3.8) is 0 Å². The minimum Gasteiger partial charge on any atom is -0.354 e. The Hall–Kier alpha value is -2.84. The van der Waals surface area contributed by atoms with E-state index in [9.17, 15) is 18.0 Å². The van der Waals surface area contributed by atoms with Crippen LogP contribution < -0.4 is 10.5 Å². The number of benzene rings is 2. The molecule has 2 aromatic carbocycles. The number of hydrogen-bond acceptors (Lipinski definition) is 4. The first-order chi connectivity index (χ1) is 16.5. The van der Waals surface area contributed by atoms with Crippen molar-refractivity contribution in [3.8, 4) is 17.1 Å². The van der Waals surface area contributed by atoms with Crippen LogP contribution in [0, 0.1) is 12.8 Å². The molecule has 0 aliphatic carbocycles. The zero-order chi connectivity index (χ0) is 25.3. The smallest absolute Gasteiger partial charge is 0.354 e. The first-order valence-corrected chi connectivity index (χ1v) is 12.0. The van der Waals surface area contributed by atoms with E-state index in [4.69, 9.17) is 16.6 Å². The van der Waals surface area contributed by atoms with Crippen molar-refractivity contribution in [1.82, 2.24) is 14.5 Å². The molecular formula is C26H28ClF3N4O. The normalized spacial score (nSPS) is 15.1. The molecule has 2 heterocycles. The number of nitrogens with zero attached hydrogens (tertiary/aromatic N) is 4. The fourth-order valence-corrected chi connectivity index (χ4v) is 4.64. The number of halogens is 4. The van der Waals surface area contributed by atoms with Crippen molar-refractivity contribution in [2.45, 2.75) is 26.9 Å². The lowest BCUT2D eigenvalue weighted by molar-refractivity contribution is -0.137. The standard InChI is InChI=1S/C26H28ClF3N4O/c1-17(2)16-32-10-12-33(13-11-32)23-15-24(35)34(21-7-4-19(5-8-21)26(28,29)30)25(31-23)22-9-6-20(27)14-18(22)3/h4-9,14-15,17H,10-13,16H2,1-3H3. The van der Waals surface area contributed by atoms with Crippen molar-refractivity contribution in [1.29, 1.82) is 0 Å². The molecule has 0 saturated carbocycles. The number of hydrogen-bond donors (Lipinski definition) is 0. The zero-order valence-corrected chi connectivity index (χ0v) is 20.7. The molecule has 3 aromatic rings. The molecule has 0 bridgehead atoms. The van der Waals surface area contributed by atoms with Crippen LogP contribution in [0.5, 0.6) is 0 Å². The summed E-state index contributed by atoms with van der Waals surface area (Å²) in [5.41, 5.74) is 0.676. The van der Waals surface area contributed by atoms with E-state index < -0.39 is 11.7 Å². The van der Waals surface area contributed by atoms with Gasteiger partial charge in [-0.1, -0.05) is 25.4 Å². The highest BCUT2D eigenvalue weighted by molar-refractivity contribution is 6.30. The third kappa shape index (κ3) is 5.70. The van der Waals surface area contributed by atoms with Crippen LogP contribution in [0.4, 0.5) is 19.0 Å². The van der Waals surface area contributed by atoms with Gasteiger partial charge in [0.25, 0.3) is 5.56 Å². The minimum atomic E-state index is -4.46. The Morgan fingerprint density at radius 2 is 1.66 bits per heavy atom. The highest BCUT2D eigenvalue weighted by Crippen LogP contribution is 2.31. The Kier molecular flexibility index (Phi) is 7.24. The van der Waals surface area contributed by atoms with Crippen LogP contribution in [0.2, 0.25) is 5.02 Å². The molecule has 0 spiro atoms. The van der Waals surface area contributed by atoms with Crippen LogP contribution in [0.3, 0.4) is 0 Å². The number of aromatic nitrogens is 2. The van der Waals surface area contributed by atoms with E-state index in [0.29, 0.717) is 33.8 Å². The molecule has 1 fully saturated rings. The summed E-state index contributed by atoms with van der Waals surface area (Å²) in [4.78, 5) is 22.7. The second kappa shape index (κ2) is 10.0. The predicted molar refractivity (Wildman–Crippen MR) is 134 cm³/mol. The van der Waals surface area contributed by atoms with E-state index >= 15 is 0 Å². The van der Waals surface area contributed by atoms with Crippen LogP contribution in [0.1, 0.15) is 25.0 Å². The molecule has 4 rings (SSSR count). The molecule has 0 radical (unpaired) electrons. The third-order valence-corrected chi connectivity index (χ3v) is 6.34. The predicted octanol–water partition coefficient (Wildman–Crippen LogP) is 5.66. The van der Waals surface area contributed by atoms with E-state index in [1.807, 2.05) is 6.92 Å². The maximum absolute atomic E-state index is 13.4. The van der Waals surface area contributed by atoms with E-state index in [-0.39, 0.29) is 5.56 Å². The average Bonchev–Trinajstić information content (AvgIpc) is 2.78. The molecule has 1 saturated heterocycles. The summed E-state index contributed by atoms with van der Waals surface area (Å²) in [5.74, 6) is 1.50. The van der Waals surface area contributed by atoms with Crippen LogP contribution in [0.15, 0.2) is 53.3 Å². The Balaban J connectivity index is 1.78. The fraction of sp³-hybridized carbons (Fsp3) is 0.385. The van der Waals surface area contributed by atoms with Gasteiger partial charge >= 0.3 is 6.18 Å². The fourth-order valence-electron chi connectivity index (χ4n) is 4.42. The average molecular weight is 505 g/mol.